The molecule has 1 saturated carbocycles. The Morgan fingerprint density at radius 3 is 2.90 bits per heavy atom. The van der Waals surface area contributed by atoms with E-state index in [0.717, 1.165) is 23.5 Å². The summed E-state index contributed by atoms with van der Waals surface area (Å²) in [7, 11) is 0. The second-order valence-corrected chi connectivity index (χ2v) is 8.53. The van der Waals surface area contributed by atoms with E-state index in [2.05, 4.69) is 20.4 Å². The molecule has 29 heavy (non-hydrogen) atoms. The predicted octanol–water partition coefficient (Wildman–Crippen LogP) is 2.54. The van der Waals surface area contributed by atoms with Gasteiger partial charge < -0.3 is 5.32 Å². The maximum Gasteiger partial charge on any atom is 0.286 e. The molecule has 4 aromatic heterocycles. The number of carbonyl (C=O) groups excluding carboxylic acids is 1. The maximum absolute atomic E-state index is 12.9. The number of amides is 1. The minimum absolute atomic E-state index is 0.0890. The highest BCUT2D eigenvalue weighted by Gasteiger charge is 2.29. The number of thiazole rings is 1. The SMILES string of the molecule is CC(C)c1nn(CC(=O)Nc2ccn3ccnc3n2)c(=O)c2sc(C3CC3)nc12. The molecule has 9 nitrogen and oxygen atoms in total. The number of nitrogens with zero attached hydrogens (tertiary/aromatic N) is 6. The van der Waals surface area contributed by atoms with E-state index in [-0.39, 0.29) is 23.9 Å². The van der Waals surface area contributed by atoms with Gasteiger partial charge in [-0.2, -0.15) is 10.1 Å². The lowest BCUT2D eigenvalue weighted by atomic mass is 10.1. The molecular formula is C19H19N7O2S. The fourth-order valence-corrected chi connectivity index (χ4v) is 4.38. The van der Waals surface area contributed by atoms with E-state index in [0.29, 0.717) is 27.7 Å². The van der Waals surface area contributed by atoms with Crippen molar-refractivity contribution in [2.45, 2.75) is 45.1 Å². The van der Waals surface area contributed by atoms with Crippen LogP contribution in [0.5, 0.6) is 0 Å². The van der Waals surface area contributed by atoms with Gasteiger partial charge in [0.25, 0.3) is 5.56 Å². The van der Waals surface area contributed by atoms with Gasteiger partial charge in [0.15, 0.2) is 0 Å². The van der Waals surface area contributed by atoms with Crippen LogP contribution in [0.2, 0.25) is 0 Å². The molecule has 0 unspecified atom stereocenters. The average Bonchev–Trinajstić information content (AvgIpc) is 3.26. The third kappa shape index (κ3) is 3.29. The Balaban J connectivity index is 1.46. The summed E-state index contributed by atoms with van der Waals surface area (Å²) in [6.45, 7) is 3.83. The molecule has 1 amide bonds. The van der Waals surface area contributed by atoms with Crippen LogP contribution in [-0.2, 0) is 11.3 Å². The number of hydrogen-bond donors (Lipinski definition) is 1. The first-order valence-corrected chi connectivity index (χ1v) is 10.3. The molecule has 0 aromatic carbocycles. The first-order chi connectivity index (χ1) is 14.0. The molecule has 148 valence electrons. The lowest BCUT2D eigenvalue weighted by Gasteiger charge is -2.10. The summed E-state index contributed by atoms with van der Waals surface area (Å²) < 4.78 is 3.55. The van der Waals surface area contributed by atoms with E-state index >= 15 is 0 Å². The van der Waals surface area contributed by atoms with Crippen molar-refractivity contribution in [2.24, 2.45) is 0 Å². The van der Waals surface area contributed by atoms with Crippen molar-refractivity contribution in [1.29, 1.82) is 0 Å². The Hall–Kier alpha value is -3.14. The van der Waals surface area contributed by atoms with E-state index in [1.807, 2.05) is 13.8 Å². The number of aromatic nitrogens is 6. The van der Waals surface area contributed by atoms with E-state index in [1.165, 1.54) is 16.0 Å². The molecule has 1 fully saturated rings. The zero-order valence-electron chi connectivity index (χ0n) is 16.0. The summed E-state index contributed by atoms with van der Waals surface area (Å²) in [5.41, 5.74) is 1.15. The maximum atomic E-state index is 12.9. The van der Waals surface area contributed by atoms with Crippen LogP contribution >= 0.6 is 11.3 Å². The highest BCUT2D eigenvalue weighted by atomic mass is 32.1. The molecule has 0 radical (unpaired) electrons. The second-order valence-electron chi connectivity index (χ2n) is 7.50. The molecule has 0 bridgehead atoms. The van der Waals surface area contributed by atoms with Crippen molar-refractivity contribution in [3.63, 3.8) is 0 Å². The monoisotopic (exact) mass is 409 g/mol. The van der Waals surface area contributed by atoms with Gasteiger partial charge in [-0.1, -0.05) is 13.8 Å². The van der Waals surface area contributed by atoms with Crippen LogP contribution in [0.25, 0.3) is 16.0 Å². The topological polar surface area (TPSA) is 107 Å². The van der Waals surface area contributed by atoms with Crippen LogP contribution in [0.4, 0.5) is 5.82 Å². The van der Waals surface area contributed by atoms with Crippen molar-refractivity contribution in [2.75, 3.05) is 5.32 Å². The third-order valence-corrected chi connectivity index (χ3v) is 6.05. The normalized spacial score (nSPS) is 14.2. The molecule has 4 heterocycles. The average molecular weight is 409 g/mol. The summed E-state index contributed by atoms with van der Waals surface area (Å²) in [6, 6.07) is 1.68. The predicted molar refractivity (Wildman–Crippen MR) is 109 cm³/mol. The number of nitrogens with one attached hydrogen (secondary N) is 1. The van der Waals surface area contributed by atoms with Crippen LogP contribution in [0.1, 0.15) is 49.2 Å². The molecule has 0 spiro atoms. The van der Waals surface area contributed by atoms with Gasteiger partial charge in [0.2, 0.25) is 11.7 Å². The molecule has 1 N–H and O–H groups in total. The number of hydrogen-bond acceptors (Lipinski definition) is 7. The van der Waals surface area contributed by atoms with E-state index in [9.17, 15) is 9.59 Å². The third-order valence-electron chi connectivity index (χ3n) is 4.84. The zero-order chi connectivity index (χ0) is 20.1. The van der Waals surface area contributed by atoms with Gasteiger partial charge >= 0.3 is 0 Å². The fraction of sp³-hybridized carbons (Fsp3) is 0.368. The van der Waals surface area contributed by atoms with Crippen molar-refractivity contribution in [3.05, 3.63) is 45.7 Å². The van der Waals surface area contributed by atoms with Crippen LogP contribution in [0.3, 0.4) is 0 Å². The summed E-state index contributed by atoms with van der Waals surface area (Å²) in [5.74, 6) is 1.04. The smallest absolute Gasteiger partial charge is 0.286 e. The Morgan fingerprint density at radius 2 is 2.14 bits per heavy atom. The largest absolute Gasteiger partial charge is 0.309 e. The highest BCUT2D eigenvalue weighted by Crippen LogP contribution is 2.43. The molecule has 1 aliphatic rings. The van der Waals surface area contributed by atoms with Gasteiger partial charge in [0, 0.05) is 24.5 Å². The Kier molecular flexibility index (Phi) is 4.16. The Labute approximate surface area is 169 Å². The summed E-state index contributed by atoms with van der Waals surface area (Å²) in [5, 5.41) is 8.18. The van der Waals surface area contributed by atoms with Gasteiger partial charge in [0.1, 0.15) is 22.6 Å². The van der Waals surface area contributed by atoms with Gasteiger partial charge in [-0.15, -0.1) is 11.3 Å². The standard InChI is InChI=1S/C19H19N7O2S/c1-10(2)14-15-16(29-17(23-15)11-3-4-11)18(28)26(24-14)9-13(27)21-12-5-7-25-8-6-20-19(25)22-12/h5-8,10-11H,3-4,9H2,1-2H3,(H,20,21,22,27). The summed E-state index contributed by atoms with van der Waals surface area (Å²) in [6.07, 6.45) is 7.40. The fourth-order valence-electron chi connectivity index (χ4n) is 3.19. The number of carbonyl (C=O) groups is 1. The summed E-state index contributed by atoms with van der Waals surface area (Å²) in [4.78, 5) is 38.6. The lowest BCUT2D eigenvalue weighted by molar-refractivity contribution is -0.117. The van der Waals surface area contributed by atoms with Crippen molar-refractivity contribution >= 4 is 39.1 Å². The van der Waals surface area contributed by atoms with Crippen molar-refractivity contribution in [3.8, 4) is 0 Å². The molecule has 1 aliphatic carbocycles. The quantitative estimate of drug-likeness (QED) is 0.543. The van der Waals surface area contributed by atoms with Gasteiger partial charge in [-0.05, 0) is 24.8 Å². The first-order valence-electron chi connectivity index (χ1n) is 9.50. The number of anilines is 1. The van der Waals surface area contributed by atoms with Crippen molar-refractivity contribution in [1.82, 2.24) is 29.1 Å². The van der Waals surface area contributed by atoms with Crippen LogP contribution in [0.15, 0.2) is 29.5 Å². The van der Waals surface area contributed by atoms with Gasteiger partial charge in [-0.3, -0.25) is 14.0 Å². The van der Waals surface area contributed by atoms with E-state index in [1.54, 1.807) is 29.1 Å². The first kappa shape index (κ1) is 17.9. The number of imidazole rings is 1. The molecular weight excluding hydrogens is 390 g/mol. The molecule has 0 aliphatic heterocycles. The molecule has 0 saturated heterocycles. The number of fused-ring (bicyclic) bond motifs is 2. The number of rotatable bonds is 5. The second kappa shape index (κ2) is 6.73. The van der Waals surface area contributed by atoms with Crippen LogP contribution in [-0.4, -0.2) is 35.0 Å². The molecule has 10 heteroatoms. The summed E-state index contributed by atoms with van der Waals surface area (Å²) >= 11 is 1.43. The van der Waals surface area contributed by atoms with Crippen molar-refractivity contribution < 1.29 is 4.79 Å². The van der Waals surface area contributed by atoms with Gasteiger partial charge in [-0.25, -0.2) is 14.6 Å². The molecule has 5 rings (SSSR count). The van der Waals surface area contributed by atoms with Crippen LogP contribution in [0, 0.1) is 0 Å². The molecule has 0 atom stereocenters. The minimum atomic E-state index is -0.371. The highest BCUT2D eigenvalue weighted by molar-refractivity contribution is 7.18. The van der Waals surface area contributed by atoms with Crippen LogP contribution < -0.4 is 10.9 Å². The zero-order valence-corrected chi connectivity index (χ0v) is 16.8. The Morgan fingerprint density at radius 1 is 1.31 bits per heavy atom. The van der Waals surface area contributed by atoms with Gasteiger partial charge in [0.05, 0.1) is 10.7 Å². The van der Waals surface area contributed by atoms with E-state index in [4.69, 9.17) is 4.98 Å². The Bertz CT molecular complexity index is 1300. The minimum Gasteiger partial charge on any atom is -0.309 e. The molecule has 4 aromatic rings. The lowest BCUT2D eigenvalue weighted by Crippen LogP contribution is -2.30. The van der Waals surface area contributed by atoms with E-state index < -0.39 is 0 Å².